The van der Waals surface area contributed by atoms with Crippen LogP contribution in [0.5, 0.6) is 0 Å². The van der Waals surface area contributed by atoms with Gasteiger partial charge in [0.25, 0.3) is 0 Å². The smallest absolute Gasteiger partial charge is 0.341 e. The van der Waals surface area contributed by atoms with E-state index in [1.54, 1.807) is 12.5 Å². The van der Waals surface area contributed by atoms with Crippen LogP contribution in [0.4, 0.5) is 22.0 Å². The first-order chi connectivity index (χ1) is 18.2. The van der Waals surface area contributed by atoms with Crippen molar-refractivity contribution >= 4 is 34.4 Å². The molecule has 0 bridgehead atoms. The number of amides is 2. The number of H-pyrrole nitrogens is 1. The van der Waals surface area contributed by atoms with Crippen molar-refractivity contribution in [2.45, 2.75) is 19.4 Å². The van der Waals surface area contributed by atoms with Gasteiger partial charge in [-0.05, 0) is 42.3 Å². The van der Waals surface area contributed by atoms with Crippen LogP contribution in [0.15, 0.2) is 79.5 Å². The van der Waals surface area contributed by atoms with E-state index in [1.165, 1.54) is 11.4 Å². The Hall–Kier alpha value is -4.83. The zero-order valence-electron chi connectivity index (χ0n) is 20.0. The molecule has 0 spiro atoms. The van der Waals surface area contributed by atoms with Crippen LogP contribution in [-0.2, 0) is 4.84 Å². The van der Waals surface area contributed by atoms with Gasteiger partial charge in [-0.25, -0.2) is 24.7 Å². The van der Waals surface area contributed by atoms with Gasteiger partial charge in [0.15, 0.2) is 5.65 Å². The number of benzene rings is 2. The summed E-state index contributed by atoms with van der Waals surface area (Å²) in [6.07, 6.45) is 5.54. The summed E-state index contributed by atoms with van der Waals surface area (Å²) in [7, 11) is 0. The Bertz CT molecular complexity index is 1570. The maximum Gasteiger partial charge on any atom is 0.346 e. The summed E-state index contributed by atoms with van der Waals surface area (Å²) in [5.74, 6) is 0.621. The van der Waals surface area contributed by atoms with Gasteiger partial charge in [-0.15, -0.1) is 0 Å². The highest BCUT2D eigenvalue weighted by Crippen LogP contribution is 2.33. The number of pyridine rings is 1. The van der Waals surface area contributed by atoms with E-state index >= 15 is 0 Å². The van der Waals surface area contributed by atoms with E-state index < -0.39 is 0 Å². The standard InChI is InChI=1S/C27H24N8O2/c1-17-9-10-19(33-27(36)35-22(11-13-37-35)18-6-3-2-4-7-18)14-21(17)34-25-20(8-5-12-28-25)23-24-26(31-15-29-23)32-16-30-24/h2-10,12,14-16,22H,11,13H2,1H3,(H,28,34)(H,33,36)(H,29,30,31,32)/t22-/m1/s1. The van der Waals surface area contributed by atoms with Crippen LogP contribution in [0.25, 0.3) is 22.4 Å². The molecule has 1 fully saturated rings. The lowest BCUT2D eigenvalue weighted by molar-refractivity contribution is -0.0829. The molecule has 2 aromatic carbocycles. The van der Waals surface area contributed by atoms with E-state index in [0.29, 0.717) is 29.5 Å². The van der Waals surface area contributed by atoms with E-state index in [-0.39, 0.29) is 12.1 Å². The zero-order chi connectivity index (χ0) is 25.2. The van der Waals surface area contributed by atoms with Crippen LogP contribution in [0, 0.1) is 6.92 Å². The molecular weight excluding hydrogens is 468 g/mol. The number of carbonyl (C=O) groups excluding carboxylic acids is 1. The van der Waals surface area contributed by atoms with Crippen molar-refractivity contribution in [3.05, 3.63) is 90.6 Å². The molecule has 2 amide bonds. The molecule has 3 aromatic heterocycles. The summed E-state index contributed by atoms with van der Waals surface area (Å²) in [5, 5.41) is 7.80. The molecule has 3 N–H and O–H groups in total. The predicted molar refractivity (Wildman–Crippen MR) is 140 cm³/mol. The van der Waals surface area contributed by atoms with Crippen LogP contribution in [-0.4, -0.2) is 42.6 Å². The molecule has 1 atom stereocenters. The van der Waals surface area contributed by atoms with Crippen LogP contribution < -0.4 is 10.6 Å². The third kappa shape index (κ3) is 4.45. The SMILES string of the molecule is Cc1ccc(NC(=O)N2OCC[C@@H]2c2ccccc2)cc1Nc1ncccc1-c1ncnc2nc[nH]c12. The second-order valence-corrected chi connectivity index (χ2v) is 8.68. The molecule has 0 unspecified atom stereocenters. The predicted octanol–water partition coefficient (Wildman–Crippen LogP) is 5.38. The Labute approximate surface area is 212 Å². The lowest BCUT2D eigenvalue weighted by Crippen LogP contribution is -2.33. The van der Waals surface area contributed by atoms with E-state index in [1.807, 2.05) is 67.6 Å². The number of anilines is 3. The van der Waals surface area contributed by atoms with E-state index in [2.05, 4.69) is 35.6 Å². The Morgan fingerprint density at radius 3 is 2.84 bits per heavy atom. The summed E-state index contributed by atoms with van der Waals surface area (Å²) in [6.45, 7) is 2.48. The zero-order valence-corrected chi connectivity index (χ0v) is 20.0. The first kappa shape index (κ1) is 22.6. The maximum absolute atomic E-state index is 13.1. The van der Waals surface area contributed by atoms with Gasteiger partial charge in [0.05, 0.1) is 19.0 Å². The topological polar surface area (TPSA) is 121 Å². The van der Waals surface area contributed by atoms with Gasteiger partial charge in [-0.3, -0.25) is 4.84 Å². The number of rotatable bonds is 5. The number of nitrogens with zero attached hydrogens (tertiary/aromatic N) is 5. The van der Waals surface area contributed by atoms with Crippen molar-refractivity contribution in [2.24, 2.45) is 0 Å². The number of hydroxylamine groups is 2. The average molecular weight is 493 g/mol. The molecule has 0 radical (unpaired) electrons. The number of urea groups is 1. The van der Waals surface area contributed by atoms with E-state index in [0.717, 1.165) is 34.3 Å². The van der Waals surface area contributed by atoms with Gasteiger partial charge in [0, 0.05) is 29.6 Å². The molecule has 1 aliphatic heterocycles. The van der Waals surface area contributed by atoms with Crippen LogP contribution >= 0.6 is 0 Å². The first-order valence-electron chi connectivity index (χ1n) is 11.9. The molecule has 184 valence electrons. The molecule has 6 rings (SSSR count). The average Bonchev–Trinajstić information content (AvgIpc) is 3.62. The minimum atomic E-state index is -0.317. The number of hydrogen-bond donors (Lipinski definition) is 3. The van der Waals surface area contributed by atoms with Crippen LogP contribution in [0.1, 0.15) is 23.6 Å². The number of aromatic nitrogens is 5. The molecule has 4 heterocycles. The number of aryl methyl sites for hydroxylation is 1. The Kier molecular flexibility index (Phi) is 5.91. The Balaban J connectivity index is 1.25. The molecule has 10 nitrogen and oxygen atoms in total. The summed E-state index contributed by atoms with van der Waals surface area (Å²) < 4.78 is 0. The summed E-state index contributed by atoms with van der Waals surface area (Å²) in [5.41, 5.74) is 6.27. The van der Waals surface area contributed by atoms with Gasteiger partial charge >= 0.3 is 6.03 Å². The normalized spacial score (nSPS) is 15.2. The monoisotopic (exact) mass is 492 g/mol. The highest BCUT2D eigenvalue weighted by atomic mass is 16.7. The molecule has 1 saturated heterocycles. The Morgan fingerprint density at radius 1 is 1.05 bits per heavy atom. The fourth-order valence-electron chi connectivity index (χ4n) is 4.45. The summed E-state index contributed by atoms with van der Waals surface area (Å²) in [6, 6.07) is 18.9. The van der Waals surface area contributed by atoms with E-state index in [9.17, 15) is 4.79 Å². The third-order valence-corrected chi connectivity index (χ3v) is 6.32. The summed E-state index contributed by atoms with van der Waals surface area (Å²) >= 11 is 0. The molecule has 0 aliphatic carbocycles. The minimum Gasteiger partial charge on any atom is -0.341 e. The number of aromatic amines is 1. The third-order valence-electron chi connectivity index (χ3n) is 6.32. The second-order valence-electron chi connectivity index (χ2n) is 8.68. The molecule has 10 heteroatoms. The highest BCUT2D eigenvalue weighted by Gasteiger charge is 2.31. The van der Waals surface area contributed by atoms with Gasteiger partial charge in [0.2, 0.25) is 0 Å². The van der Waals surface area contributed by atoms with Crippen molar-refractivity contribution in [1.29, 1.82) is 0 Å². The van der Waals surface area contributed by atoms with Crippen molar-refractivity contribution in [3.8, 4) is 11.3 Å². The fraction of sp³-hybridized carbons (Fsp3) is 0.148. The quantitative estimate of drug-likeness (QED) is 0.301. The van der Waals surface area contributed by atoms with Gasteiger partial charge in [-0.2, -0.15) is 5.06 Å². The first-order valence-corrected chi connectivity index (χ1v) is 11.9. The summed E-state index contributed by atoms with van der Waals surface area (Å²) in [4.78, 5) is 39.4. The van der Waals surface area contributed by atoms with Crippen LogP contribution in [0.3, 0.4) is 0 Å². The molecule has 5 aromatic rings. The van der Waals surface area contributed by atoms with Gasteiger partial charge in [-0.1, -0.05) is 36.4 Å². The van der Waals surface area contributed by atoms with Gasteiger partial charge in [0.1, 0.15) is 23.4 Å². The lowest BCUT2D eigenvalue weighted by Gasteiger charge is -2.23. The molecular formula is C27H24N8O2. The number of imidazole rings is 1. The molecule has 37 heavy (non-hydrogen) atoms. The number of carbonyl (C=O) groups is 1. The van der Waals surface area contributed by atoms with Crippen molar-refractivity contribution < 1.29 is 9.63 Å². The van der Waals surface area contributed by atoms with E-state index in [4.69, 9.17) is 4.84 Å². The maximum atomic E-state index is 13.1. The number of fused-ring (bicyclic) bond motifs is 1. The number of nitrogens with one attached hydrogen (secondary N) is 3. The lowest BCUT2D eigenvalue weighted by atomic mass is 10.1. The molecule has 1 aliphatic rings. The van der Waals surface area contributed by atoms with Crippen molar-refractivity contribution in [3.63, 3.8) is 0 Å². The largest absolute Gasteiger partial charge is 0.346 e. The van der Waals surface area contributed by atoms with Crippen LogP contribution in [0.2, 0.25) is 0 Å². The second kappa shape index (κ2) is 9.67. The Morgan fingerprint density at radius 2 is 1.95 bits per heavy atom. The number of hydrogen-bond acceptors (Lipinski definition) is 7. The fourth-order valence-corrected chi connectivity index (χ4v) is 4.45. The molecule has 0 saturated carbocycles. The van der Waals surface area contributed by atoms with Crippen molar-refractivity contribution in [2.75, 3.05) is 17.2 Å². The van der Waals surface area contributed by atoms with Crippen molar-refractivity contribution in [1.82, 2.24) is 30.0 Å². The minimum absolute atomic E-state index is 0.132. The highest BCUT2D eigenvalue weighted by molar-refractivity contribution is 5.92. The van der Waals surface area contributed by atoms with Gasteiger partial charge < -0.3 is 15.6 Å².